The SMILES string of the molecule is CCOCc1ccccc1NS(=O)(=O)c1cc(C)c(Br)s1. The number of thiophene rings is 1. The molecule has 0 aliphatic rings. The van der Waals surface area contributed by atoms with Gasteiger partial charge < -0.3 is 4.74 Å². The molecule has 1 aromatic carbocycles. The van der Waals surface area contributed by atoms with Crippen molar-refractivity contribution in [3.63, 3.8) is 0 Å². The summed E-state index contributed by atoms with van der Waals surface area (Å²) in [6.07, 6.45) is 0. The topological polar surface area (TPSA) is 55.4 Å². The van der Waals surface area contributed by atoms with E-state index in [0.29, 0.717) is 18.9 Å². The van der Waals surface area contributed by atoms with Gasteiger partial charge in [0.05, 0.1) is 16.1 Å². The van der Waals surface area contributed by atoms with Gasteiger partial charge in [-0.25, -0.2) is 8.42 Å². The fraction of sp³-hybridized carbons (Fsp3) is 0.286. The van der Waals surface area contributed by atoms with Crippen molar-refractivity contribution in [2.75, 3.05) is 11.3 Å². The second kappa shape index (κ2) is 6.91. The highest BCUT2D eigenvalue weighted by Crippen LogP contribution is 2.32. The molecule has 7 heteroatoms. The van der Waals surface area contributed by atoms with Crippen molar-refractivity contribution in [3.8, 4) is 0 Å². The maximum Gasteiger partial charge on any atom is 0.271 e. The van der Waals surface area contributed by atoms with Crippen LogP contribution in [0.15, 0.2) is 38.3 Å². The molecule has 4 nitrogen and oxygen atoms in total. The van der Waals surface area contributed by atoms with Crippen LogP contribution in [-0.2, 0) is 21.4 Å². The van der Waals surface area contributed by atoms with E-state index < -0.39 is 10.0 Å². The minimum absolute atomic E-state index is 0.290. The molecule has 0 aliphatic heterocycles. The molecule has 0 saturated heterocycles. The Morgan fingerprint density at radius 2 is 2.05 bits per heavy atom. The average Bonchev–Trinajstić information content (AvgIpc) is 2.78. The smallest absolute Gasteiger partial charge is 0.271 e. The predicted molar refractivity (Wildman–Crippen MR) is 89.3 cm³/mol. The van der Waals surface area contributed by atoms with E-state index >= 15 is 0 Å². The molecule has 1 aromatic heterocycles. The van der Waals surface area contributed by atoms with Gasteiger partial charge >= 0.3 is 0 Å². The van der Waals surface area contributed by atoms with E-state index in [-0.39, 0.29) is 4.21 Å². The fourth-order valence-electron chi connectivity index (χ4n) is 1.72. The van der Waals surface area contributed by atoms with E-state index in [9.17, 15) is 8.42 Å². The summed E-state index contributed by atoms with van der Waals surface area (Å²) in [6.45, 7) is 4.72. The Morgan fingerprint density at radius 3 is 2.67 bits per heavy atom. The Balaban J connectivity index is 2.28. The summed E-state index contributed by atoms with van der Waals surface area (Å²) in [4.78, 5) is 0. The molecule has 0 amide bonds. The van der Waals surface area contributed by atoms with Crippen LogP contribution in [0.1, 0.15) is 18.1 Å². The molecule has 0 unspecified atom stereocenters. The Labute approximate surface area is 137 Å². The normalized spacial score (nSPS) is 11.6. The van der Waals surface area contributed by atoms with Crippen LogP contribution in [0.25, 0.3) is 0 Å². The van der Waals surface area contributed by atoms with Gasteiger partial charge in [0, 0.05) is 12.2 Å². The molecule has 21 heavy (non-hydrogen) atoms. The summed E-state index contributed by atoms with van der Waals surface area (Å²) >= 11 is 4.55. The average molecular weight is 390 g/mol. The van der Waals surface area contributed by atoms with E-state index in [1.54, 1.807) is 18.2 Å². The molecular formula is C14H16BrNO3S2. The molecule has 114 valence electrons. The maximum absolute atomic E-state index is 12.4. The van der Waals surface area contributed by atoms with Crippen molar-refractivity contribution in [2.45, 2.75) is 24.7 Å². The van der Waals surface area contributed by atoms with Gasteiger partial charge in [0.1, 0.15) is 4.21 Å². The van der Waals surface area contributed by atoms with E-state index in [4.69, 9.17) is 4.74 Å². The molecule has 2 rings (SSSR count). The number of ether oxygens (including phenoxy) is 1. The highest BCUT2D eigenvalue weighted by molar-refractivity contribution is 9.11. The number of nitrogens with one attached hydrogen (secondary N) is 1. The summed E-state index contributed by atoms with van der Waals surface area (Å²) in [5.74, 6) is 0. The van der Waals surface area contributed by atoms with Crippen molar-refractivity contribution in [1.82, 2.24) is 0 Å². The summed E-state index contributed by atoms with van der Waals surface area (Å²) in [5.41, 5.74) is 2.27. The van der Waals surface area contributed by atoms with Gasteiger partial charge in [-0.05, 0) is 47.5 Å². The first-order chi connectivity index (χ1) is 9.94. The lowest BCUT2D eigenvalue weighted by Crippen LogP contribution is -2.13. The number of aryl methyl sites for hydroxylation is 1. The lowest BCUT2D eigenvalue weighted by molar-refractivity contribution is 0.134. The van der Waals surface area contributed by atoms with Crippen molar-refractivity contribution in [1.29, 1.82) is 0 Å². The molecule has 1 N–H and O–H groups in total. The lowest BCUT2D eigenvalue weighted by Gasteiger charge is -2.11. The van der Waals surface area contributed by atoms with Gasteiger partial charge in [-0.15, -0.1) is 11.3 Å². The molecule has 0 aliphatic carbocycles. The van der Waals surface area contributed by atoms with Crippen LogP contribution in [0.2, 0.25) is 0 Å². The monoisotopic (exact) mass is 389 g/mol. The van der Waals surface area contributed by atoms with Crippen molar-refractivity contribution in [3.05, 3.63) is 45.2 Å². The zero-order valence-corrected chi connectivity index (χ0v) is 14.9. The number of rotatable bonds is 6. The highest BCUT2D eigenvalue weighted by Gasteiger charge is 2.19. The quantitative estimate of drug-likeness (QED) is 0.806. The van der Waals surface area contributed by atoms with Crippen LogP contribution in [0.3, 0.4) is 0 Å². The van der Waals surface area contributed by atoms with E-state index in [1.807, 2.05) is 26.0 Å². The van der Waals surface area contributed by atoms with Crippen molar-refractivity contribution in [2.24, 2.45) is 0 Å². The number of para-hydroxylation sites is 1. The van der Waals surface area contributed by atoms with Gasteiger partial charge in [-0.2, -0.15) is 0 Å². The number of halogens is 1. The summed E-state index contributed by atoms with van der Waals surface area (Å²) in [7, 11) is -3.58. The first-order valence-corrected chi connectivity index (χ1v) is 9.47. The molecule has 2 aromatic rings. The molecule has 1 heterocycles. The van der Waals surface area contributed by atoms with Crippen LogP contribution in [0.4, 0.5) is 5.69 Å². The molecule has 0 atom stereocenters. The lowest BCUT2D eigenvalue weighted by atomic mass is 10.2. The van der Waals surface area contributed by atoms with Crippen LogP contribution in [0.5, 0.6) is 0 Å². The van der Waals surface area contributed by atoms with Gasteiger partial charge in [0.25, 0.3) is 10.0 Å². The largest absolute Gasteiger partial charge is 0.377 e. The third-order valence-electron chi connectivity index (χ3n) is 2.82. The predicted octanol–water partition coefficient (Wildman–Crippen LogP) is 4.16. The second-order valence-corrected chi connectivity index (χ2v) is 8.70. The summed E-state index contributed by atoms with van der Waals surface area (Å²) in [5, 5.41) is 0. The summed E-state index contributed by atoms with van der Waals surface area (Å²) in [6, 6.07) is 8.90. The minimum atomic E-state index is -3.58. The minimum Gasteiger partial charge on any atom is -0.377 e. The van der Waals surface area contributed by atoms with Crippen LogP contribution < -0.4 is 4.72 Å². The van der Waals surface area contributed by atoms with Gasteiger partial charge in [-0.3, -0.25) is 4.72 Å². The number of hydrogen-bond acceptors (Lipinski definition) is 4. The number of sulfonamides is 1. The van der Waals surface area contributed by atoms with Crippen molar-refractivity contribution < 1.29 is 13.2 Å². The first-order valence-electron chi connectivity index (χ1n) is 6.38. The number of anilines is 1. The maximum atomic E-state index is 12.4. The molecule has 0 fully saturated rings. The Morgan fingerprint density at radius 1 is 1.33 bits per heavy atom. The zero-order valence-electron chi connectivity index (χ0n) is 11.7. The standard InChI is InChI=1S/C14H16BrNO3S2/c1-3-19-9-11-6-4-5-7-12(11)16-21(17,18)13-8-10(2)14(15)20-13/h4-8,16H,3,9H2,1-2H3. The molecule has 0 saturated carbocycles. The third-order valence-corrected chi connectivity index (χ3v) is 6.80. The van der Waals surface area contributed by atoms with Crippen LogP contribution in [-0.4, -0.2) is 15.0 Å². The van der Waals surface area contributed by atoms with Crippen LogP contribution >= 0.6 is 27.3 Å². The summed E-state index contributed by atoms with van der Waals surface area (Å²) < 4.78 is 34.0. The zero-order chi connectivity index (χ0) is 15.5. The van der Waals surface area contributed by atoms with Gasteiger partial charge in [-0.1, -0.05) is 18.2 Å². The third kappa shape index (κ3) is 4.06. The Kier molecular flexibility index (Phi) is 5.43. The van der Waals surface area contributed by atoms with Crippen molar-refractivity contribution >= 4 is 43.0 Å². The fourth-order valence-corrected chi connectivity index (χ4v) is 5.04. The first kappa shape index (κ1) is 16.5. The molecular weight excluding hydrogens is 374 g/mol. The molecule has 0 spiro atoms. The second-order valence-electron chi connectivity index (χ2n) is 4.42. The Hall–Kier alpha value is -0.890. The molecule has 0 bridgehead atoms. The van der Waals surface area contributed by atoms with Gasteiger partial charge in [0.15, 0.2) is 0 Å². The van der Waals surface area contributed by atoms with Gasteiger partial charge in [0.2, 0.25) is 0 Å². The van der Waals surface area contributed by atoms with E-state index in [1.165, 1.54) is 11.3 Å². The van der Waals surface area contributed by atoms with Crippen LogP contribution in [0, 0.1) is 6.92 Å². The Bertz CT molecular complexity index is 706. The number of benzene rings is 1. The molecule has 0 radical (unpaired) electrons. The van der Waals surface area contributed by atoms with E-state index in [2.05, 4.69) is 20.7 Å². The highest BCUT2D eigenvalue weighted by atomic mass is 79.9. The number of hydrogen-bond donors (Lipinski definition) is 1. The van der Waals surface area contributed by atoms with E-state index in [0.717, 1.165) is 14.9 Å².